The highest BCUT2D eigenvalue weighted by atomic mass is 35.5. The highest BCUT2D eigenvalue weighted by Crippen LogP contribution is 2.45. The predicted molar refractivity (Wildman–Crippen MR) is 154 cm³/mol. The largest absolute Gasteiger partial charge is 1.00 e. The Morgan fingerprint density at radius 3 is 2.56 bits per heavy atom. The first-order valence-corrected chi connectivity index (χ1v) is 13.9. The zero-order chi connectivity index (χ0) is 29.5. The van der Waals surface area contributed by atoms with E-state index < -0.39 is 28.7 Å². The zero-order valence-corrected chi connectivity index (χ0v) is 24.2. The average Bonchev–Trinajstić information content (AvgIpc) is 3.73. The predicted octanol–water partition coefficient (Wildman–Crippen LogP) is 0.484. The number of nitrogens with zero attached hydrogens (tertiary/aromatic N) is 5. The molecule has 3 aromatic rings. The summed E-state index contributed by atoms with van der Waals surface area (Å²) < 4.78 is 23.7. The summed E-state index contributed by atoms with van der Waals surface area (Å²) in [5.74, 6) is -2.46. The molecule has 0 radical (unpaired) electrons. The number of amidine groups is 1. The molecule has 4 aliphatic rings. The van der Waals surface area contributed by atoms with Gasteiger partial charge in [-0.3, -0.25) is 9.69 Å². The monoisotopic (exact) mass is 609 g/mol. The molecule has 2 fully saturated rings. The van der Waals surface area contributed by atoms with Crippen LogP contribution in [0.5, 0.6) is 5.75 Å². The molecule has 2 aromatic carbocycles. The van der Waals surface area contributed by atoms with Gasteiger partial charge in [0.05, 0.1) is 36.8 Å². The Labute approximate surface area is 251 Å². The SMILES string of the molecule is COc1c(N2CC[N+]3(CN4C(=N3)C(C(=O)O)=Cc3ccccc34)C(C)C2)c(F)cc2c(=O)c(C(=O)O)cn(C3CC3)c12.[Cl-]. The van der Waals surface area contributed by atoms with Gasteiger partial charge in [0.1, 0.15) is 29.4 Å². The fourth-order valence-electron chi connectivity index (χ4n) is 6.57. The third-order valence-corrected chi connectivity index (χ3v) is 8.89. The van der Waals surface area contributed by atoms with E-state index in [0.717, 1.165) is 30.2 Å². The lowest BCUT2D eigenvalue weighted by Crippen LogP contribution is -3.00. The number of benzene rings is 2. The standard InChI is InChI=1S/C30H28FN5O6.ClH/c1-16-13-33(9-10-36(16)15-35-23-6-4-3-5-17(23)11-20(29(38)39)28(35)32-36)25-22(31)12-19-24(27(25)42-2)34(18-7-8-18)14-21(26(19)37)30(40)41;/h3-6,11-12,14,16,18H,7-10,13,15H2,1-2H3,(H-,38,39,40,41);1H. The zero-order valence-electron chi connectivity index (χ0n) is 23.5. The van der Waals surface area contributed by atoms with E-state index in [-0.39, 0.29) is 51.5 Å². The molecule has 224 valence electrons. The van der Waals surface area contributed by atoms with Gasteiger partial charge in [0, 0.05) is 12.2 Å². The summed E-state index contributed by atoms with van der Waals surface area (Å²) in [5, 5.41) is 24.5. The number of aliphatic carboxylic acids is 1. The lowest BCUT2D eigenvalue weighted by molar-refractivity contribution is -0.950. The van der Waals surface area contributed by atoms with E-state index in [4.69, 9.17) is 9.84 Å². The van der Waals surface area contributed by atoms with Crippen molar-refractivity contribution in [3.05, 3.63) is 69.3 Å². The first-order chi connectivity index (χ1) is 20.1. The van der Waals surface area contributed by atoms with Crippen molar-refractivity contribution in [2.75, 3.05) is 43.2 Å². The summed E-state index contributed by atoms with van der Waals surface area (Å²) >= 11 is 0. The molecule has 13 heteroatoms. The van der Waals surface area contributed by atoms with Crippen LogP contribution in [0, 0.1) is 5.82 Å². The van der Waals surface area contributed by atoms with Crippen LogP contribution in [0.25, 0.3) is 17.0 Å². The van der Waals surface area contributed by atoms with E-state index in [1.54, 1.807) is 10.6 Å². The number of carbonyl (C=O) groups is 2. The van der Waals surface area contributed by atoms with E-state index in [1.165, 1.54) is 13.3 Å². The second-order valence-electron chi connectivity index (χ2n) is 11.4. The average molecular weight is 610 g/mol. The molecule has 0 bridgehead atoms. The second-order valence-corrected chi connectivity index (χ2v) is 11.4. The molecule has 1 saturated heterocycles. The fourth-order valence-corrected chi connectivity index (χ4v) is 6.57. The van der Waals surface area contributed by atoms with Crippen molar-refractivity contribution in [1.29, 1.82) is 0 Å². The van der Waals surface area contributed by atoms with Gasteiger partial charge in [-0.2, -0.15) is 4.59 Å². The van der Waals surface area contributed by atoms with Crippen molar-refractivity contribution in [2.45, 2.75) is 31.8 Å². The minimum atomic E-state index is -1.36. The number of hydrogen-bond donors (Lipinski definition) is 2. The van der Waals surface area contributed by atoms with Crippen LogP contribution in [0.4, 0.5) is 15.8 Å². The number of fused-ring (bicyclic) bond motifs is 4. The van der Waals surface area contributed by atoms with Crippen molar-refractivity contribution in [3.8, 4) is 5.75 Å². The van der Waals surface area contributed by atoms with Crippen LogP contribution in [0.1, 0.15) is 41.7 Å². The van der Waals surface area contributed by atoms with E-state index in [0.29, 0.717) is 37.7 Å². The number of hydrogen-bond acceptors (Lipinski definition) is 7. The first kappa shape index (κ1) is 28.7. The van der Waals surface area contributed by atoms with Crippen LogP contribution in [0.2, 0.25) is 0 Å². The smallest absolute Gasteiger partial charge is 0.341 e. The number of carboxylic acids is 2. The molecule has 0 amide bonds. The van der Waals surface area contributed by atoms with Crippen LogP contribution in [-0.4, -0.2) is 76.6 Å². The summed E-state index contributed by atoms with van der Waals surface area (Å²) in [6.45, 7) is 3.71. The van der Waals surface area contributed by atoms with E-state index >= 15 is 4.39 Å². The van der Waals surface area contributed by atoms with Gasteiger partial charge in [-0.25, -0.2) is 14.0 Å². The minimum absolute atomic E-state index is 0. The van der Waals surface area contributed by atoms with Crippen molar-refractivity contribution in [1.82, 2.24) is 4.57 Å². The number of piperazine rings is 1. The number of pyridine rings is 1. The van der Waals surface area contributed by atoms with Crippen LogP contribution < -0.4 is 32.4 Å². The molecule has 1 aromatic heterocycles. The molecule has 11 nitrogen and oxygen atoms in total. The van der Waals surface area contributed by atoms with Crippen molar-refractivity contribution < 1.29 is 45.9 Å². The quantitative estimate of drug-likeness (QED) is 0.401. The topological polar surface area (TPSA) is 125 Å². The van der Waals surface area contributed by atoms with Gasteiger partial charge in [0.15, 0.2) is 18.2 Å². The van der Waals surface area contributed by atoms with Crippen LogP contribution in [0.15, 0.2) is 52.0 Å². The Kier molecular flexibility index (Phi) is 6.73. The number of methoxy groups -OCH3 is 1. The van der Waals surface area contributed by atoms with Gasteiger partial charge in [-0.15, -0.1) is 0 Å². The lowest BCUT2D eigenvalue weighted by Gasteiger charge is -2.44. The number of rotatable bonds is 5. The molecule has 2 unspecified atom stereocenters. The van der Waals surface area contributed by atoms with Gasteiger partial charge in [-0.05, 0) is 43.5 Å². The Hall–Kier alpha value is -4.42. The number of halogens is 2. The summed E-state index contributed by atoms with van der Waals surface area (Å²) in [7, 11) is 1.42. The number of quaternary nitrogens is 1. The second kappa shape index (κ2) is 10.1. The molecule has 43 heavy (non-hydrogen) atoms. The first-order valence-electron chi connectivity index (χ1n) is 13.9. The number of carboxylic acid groups (broad SMARTS) is 2. The molecule has 4 heterocycles. The maximum Gasteiger partial charge on any atom is 0.341 e. The van der Waals surface area contributed by atoms with E-state index in [9.17, 15) is 24.6 Å². The number of anilines is 2. The Balaban J connectivity index is 0.00000329. The van der Waals surface area contributed by atoms with E-state index in [1.807, 2.05) is 41.0 Å². The maximum absolute atomic E-state index is 15.9. The van der Waals surface area contributed by atoms with Crippen LogP contribution >= 0.6 is 0 Å². The van der Waals surface area contributed by atoms with Gasteiger partial charge in [-0.1, -0.05) is 23.3 Å². The number of ether oxygens (including phenoxy) is 1. The highest BCUT2D eigenvalue weighted by molar-refractivity contribution is 6.29. The maximum atomic E-state index is 15.9. The van der Waals surface area contributed by atoms with E-state index in [2.05, 4.69) is 0 Å². The van der Waals surface area contributed by atoms with Gasteiger partial charge in [0.25, 0.3) is 0 Å². The van der Waals surface area contributed by atoms with Crippen molar-refractivity contribution in [2.24, 2.45) is 5.10 Å². The highest BCUT2D eigenvalue weighted by Gasteiger charge is 2.51. The third kappa shape index (κ3) is 4.27. The molecule has 1 spiro atoms. The molecule has 1 saturated carbocycles. The summed E-state index contributed by atoms with van der Waals surface area (Å²) in [6.07, 6.45) is 4.64. The molecule has 1 aliphatic carbocycles. The number of aromatic nitrogens is 1. The van der Waals surface area contributed by atoms with Crippen molar-refractivity contribution >= 4 is 46.1 Å². The molecular weight excluding hydrogens is 581 g/mol. The molecule has 3 aliphatic heterocycles. The van der Waals surface area contributed by atoms with Gasteiger partial charge in [0.2, 0.25) is 11.3 Å². The molecule has 7 rings (SSSR count). The van der Waals surface area contributed by atoms with Crippen LogP contribution in [0.3, 0.4) is 0 Å². The Morgan fingerprint density at radius 2 is 1.91 bits per heavy atom. The molecular formula is C30H29ClFN5O6. The summed E-state index contributed by atoms with van der Waals surface area (Å²) in [5.41, 5.74) is 1.30. The summed E-state index contributed by atoms with van der Waals surface area (Å²) in [4.78, 5) is 40.9. The molecule has 2 N–H and O–H groups in total. The normalized spacial score (nSPS) is 22.4. The number of aromatic carboxylic acids is 1. The Morgan fingerprint density at radius 1 is 1.16 bits per heavy atom. The summed E-state index contributed by atoms with van der Waals surface area (Å²) in [6, 6.07) is 8.59. The minimum Gasteiger partial charge on any atom is -1.00 e. The van der Waals surface area contributed by atoms with Crippen molar-refractivity contribution in [3.63, 3.8) is 0 Å². The lowest BCUT2D eigenvalue weighted by atomic mass is 10.0. The third-order valence-electron chi connectivity index (χ3n) is 8.89. The number of para-hydroxylation sites is 1. The molecule has 2 atom stereocenters. The van der Waals surface area contributed by atoms with Gasteiger partial charge >= 0.3 is 11.9 Å². The Bertz CT molecular complexity index is 1840. The van der Waals surface area contributed by atoms with Crippen LogP contribution in [-0.2, 0) is 4.79 Å². The fraction of sp³-hybridized carbons (Fsp3) is 0.333. The van der Waals surface area contributed by atoms with Gasteiger partial charge < -0.3 is 36.8 Å².